The molecule has 0 spiro atoms. The first-order valence-corrected chi connectivity index (χ1v) is 9.99. The Morgan fingerprint density at radius 1 is 1.20 bits per heavy atom. The average molecular weight is 379 g/mol. The first kappa shape index (κ1) is 17.8. The van der Waals surface area contributed by atoms with Crippen LogP contribution in [0.2, 0.25) is 5.02 Å². The number of carbonyl (C=O) groups is 1. The van der Waals surface area contributed by atoms with Gasteiger partial charge >= 0.3 is 0 Å². The molecule has 1 amide bonds. The molecule has 0 atom stereocenters. The standard InChI is InChI=1S/C18H19ClN2O3S/c1-13-3-8-16(21-9-2-10-25(21,23)24)12-17(13)20-18(22)11-14-4-6-15(19)7-5-14/h3-8,12H,2,9-11H2,1H3,(H,20,22). The van der Waals surface area contributed by atoms with Crippen LogP contribution in [0.15, 0.2) is 42.5 Å². The summed E-state index contributed by atoms with van der Waals surface area (Å²) in [6.07, 6.45) is 0.845. The van der Waals surface area contributed by atoms with Crippen molar-refractivity contribution in [1.29, 1.82) is 0 Å². The Balaban J connectivity index is 1.76. The first-order valence-electron chi connectivity index (χ1n) is 8.00. The van der Waals surface area contributed by atoms with E-state index in [-0.39, 0.29) is 18.1 Å². The second kappa shape index (κ2) is 7.06. The van der Waals surface area contributed by atoms with Crippen LogP contribution in [0.5, 0.6) is 0 Å². The van der Waals surface area contributed by atoms with Gasteiger partial charge in [0.25, 0.3) is 0 Å². The van der Waals surface area contributed by atoms with E-state index in [1.807, 2.05) is 25.1 Å². The van der Waals surface area contributed by atoms with Gasteiger partial charge in [-0.2, -0.15) is 0 Å². The van der Waals surface area contributed by atoms with Crippen LogP contribution >= 0.6 is 11.6 Å². The summed E-state index contributed by atoms with van der Waals surface area (Å²) < 4.78 is 25.6. The van der Waals surface area contributed by atoms with Crippen LogP contribution < -0.4 is 9.62 Å². The third-order valence-electron chi connectivity index (χ3n) is 4.16. The van der Waals surface area contributed by atoms with Crippen molar-refractivity contribution in [3.63, 3.8) is 0 Å². The number of rotatable bonds is 4. The smallest absolute Gasteiger partial charge is 0.235 e. The molecule has 1 heterocycles. The van der Waals surface area contributed by atoms with Crippen LogP contribution in [0.3, 0.4) is 0 Å². The zero-order valence-corrected chi connectivity index (χ0v) is 15.4. The molecule has 7 heteroatoms. The number of hydrogen-bond acceptors (Lipinski definition) is 3. The predicted molar refractivity (Wildman–Crippen MR) is 101 cm³/mol. The van der Waals surface area contributed by atoms with E-state index in [9.17, 15) is 13.2 Å². The van der Waals surface area contributed by atoms with E-state index in [0.29, 0.717) is 29.4 Å². The van der Waals surface area contributed by atoms with E-state index >= 15 is 0 Å². The molecule has 0 saturated carbocycles. The van der Waals surface area contributed by atoms with Gasteiger partial charge in [0, 0.05) is 17.3 Å². The van der Waals surface area contributed by atoms with E-state index in [2.05, 4.69) is 5.32 Å². The molecule has 1 N–H and O–H groups in total. The van der Waals surface area contributed by atoms with Crippen LogP contribution in [0.25, 0.3) is 0 Å². The van der Waals surface area contributed by atoms with Gasteiger partial charge in [0.05, 0.1) is 17.9 Å². The van der Waals surface area contributed by atoms with Crippen LogP contribution in [0, 0.1) is 6.92 Å². The zero-order valence-electron chi connectivity index (χ0n) is 13.8. The van der Waals surface area contributed by atoms with Crippen LogP contribution in [0.1, 0.15) is 17.5 Å². The fourth-order valence-corrected chi connectivity index (χ4v) is 4.49. The monoisotopic (exact) mass is 378 g/mol. The van der Waals surface area contributed by atoms with Gasteiger partial charge < -0.3 is 5.32 Å². The molecule has 0 aromatic heterocycles. The molecule has 5 nitrogen and oxygen atoms in total. The maximum Gasteiger partial charge on any atom is 0.235 e. The van der Waals surface area contributed by atoms with Crippen LogP contribution in [0.4, 0.5) is 11.4 Å². The van der Waals surface area contributed by atoms with Crippen LogP contribution in [-0.2, 0) is 21.2 Å². The highest BCUT2D eigenvalue weighted by molar-refractivity contribution is 7.93. The summed E-state index contributed by atoms with van der Waals surface area (Å²) in [4.78, 5) is 12.3. The minimum atomic E-state index is -3.24. The maximum atomic E-state index is 12.3. The fraction of sp³-hybridized carbons (Fsp3) is 0.278. The van der Waals surface area contributed by atoms with Gasteiger partial charge in [-0.15, -0.1) is 0 Å². The number of halogens is 1. The summed E-state index contributed by atoms with van der Waals surface area (Å²) in [5.74, 6) is 0.00549. The lowest BCUT2D eigenvalue weighted by molar-refractivity contribution is -0.115. The van der Waals surface area contributed by atoms with Crippen molar-refractivity contribution in [2.24, 2.45) is 0 Å². The van der Waals surface area contributed by atoms with E-state index in [1.54, 1.807) is 24.3 Å². The predicted octanol–water partition coefficient (Wildman–Crippen LogP) is 3.37. The van der Waals surface area contributed by atoms with Gasteiger partial charge in [-0.3, -0.25) is 9.10 Å². The number of carbonyl (C=O) groups excluding carboxylic acids is 1. The number of benzene rings is 2. The Morgan fingerprint density at radius 2 is 1.92 bits per heavy atom. The summed E-state index contributed by atoms with van der Waals surface area (Å²) in [5.41, 5.74) is 2.95. The van der Waals surface area contributed by atoms with E-state index in [1.165, 1.54) is 4.31 Å². The Bertz CT molecular complexity index is 895. The summed E-state index contributed by atoms with van der Waals surface area (Å²) >= 11 is 5.85. The van der Waals surface area contributed by atoms with Crippen molar-refractivity contribution < 1.29 is 13.2 Å². The van der Waals surface area contributed by atoms with E-state index < -0.39 is 10.0 Å². The zero-order chi connectivity index (χ0) is 18.0. The molecule has 1 aliphatic rings. The van der Waals surface area contributed by atoms with Gasteiger partial charge in [-0.1, -0.05) is 29.8 Å². The van der Waals surface area contributed by atoms with Gasteiger partial charge in [0.2, 0.25) is 15.9 Å². The Hall–Kier alpha value is -2.05. The third kappa shape index (κ3) is 4.14. The number of nitrogens with zero attached hydrogens (tertiary/aromatic N) is 1. The Kier molecular flexibility index (Phi) is 5.01. The van der Waals surface area contributed by atoms with Crippen molar-refractivity contribution >= 4 is 38.9 Å². The summed E-state index contributed by atoms with van der Waals surface area (Å²) in [6, 6.07) is 12.4. The molecule has 1 saturated heterocycles. The fourth-order valence-electron chi connectivity index (χ4n) is 2.81. The second-order valence-corrected chi connectivity index (χ2v) is 8.54. The molecule has 0 radical (unpaired) electrons. The van der Waals surface area contributed by atoms with Gasteiger partial charge in [0.1, 0.15) is 0 Å². The summed E-state index contributed by atoms with van der Waals surface area (Å²) in [5, 5.41) is 3.50. The lowest BCUT2D eigenvalue weighted by Crippen LogP contribution is -2.25. The van der Waals surface area contributed by atoms with E-state index in [4.69, 9.17) is 11.6 Å². The van der Waals surface area contributed by atoms with Crippen molar-refractivity contribution in [1.82, 2.24) is 0 Å². The minimum Gasteiger partial charge on any atom is -0.325 e. The number of aryl methyl sites for hydroxylation is 1. The highest BCUT2D eigenvalue weighted by Gasteiger charge is 2.28. The quantitative estimate of drug-likeness (QED) is 0.886. The third-order valence-corrected chi connectivity index (χ3v) is 6.28. The molecule has 0 aliphatic carbocycles. The van der Waals surface area contributed by atoms with Crippen molar-refractivity contribution in [3.05, 3.63) is 58.6 Å². The van der Waals surface area contributed by atoms with Gasteiger partial charge in [-0.05, 0) is 48.7 Å². The van der Waals surface area contributed by atoms with Crippen LogP contribution in [-0.4, -0.2) is 26.6 Å². The van der Waals surface area contributed by atoms with Crippen molar-refractivity contribution in [2.45, 2.75) is 19.8 Å². The topological polar surface area (TPSA) is 66.5 Å². The molecule has 1 fully saturated rings. The molecule has 3 rings (SSSR count). The Morgan fingerprint density at radius 3 is 2.56 bits per heavy atom. The first-order chi connectivity index (χ1) is 11.8. The SMILES string of the molecule is Cc1ccc(N2CCCS2(=O)=O)cc1NC(=O)Cc1ccc(Cl)cc1. The van der Waals surface area contributed by atoms with E-state index in [0.717, 1.165) is 11.1 Å². The van der Waals surface area contributed by atoms with Crippen molar-refractivity contribution in [2.75, 3.05) is 21.9 Å². The largest absolute Gasteiger partial charge is 0.325 e. The number of anilines is 2. The van der Waals surface area contributed by atoms with Gasteiger partial charge in [0.15, 0.2) is 0 Å². The highest BCUT2D eigenvalue weighted by atomic mass is 35.5. The molecule has 1 aliphatic heterocycles. The lowest BCUT2D eigenvalue weighted by atomic mass is 10.1. The molecule has 2 aromatic rings. The number of amides is 1. The number of nitrogens with one attached hydrogen (secondary N) is 1. The second-order valence-electron chi connectivity index (χ2n) is 6.09. The molecule has 0 bridgehead atoms. The number of sulfonamides is 1. The molecule has 25 heavy (non-hydrogen) atoms. The summed E-state index contributed by atoms with van der Waals surface area (Å²) in [6.45, 7) is 2.35. The lowest BCUT2D eigenvalue weighted by Gasteiger charge is -2.19. The Labute approximate surface area is 152 Å². The average Bonchev–Trinajstić information content (AvgIpc) is 2.91. The summed E-state index contributed by atoms with van der Waals surface area (Å²) in [7, 11) is -3.24. The minimum absolute atomic E-state index is 0.160. The van der Waals surface area contributed by atoms with Gasteiger partial charge in [-0.25, -0.2) is 8.42 Å². The maximum absolute atomic E-state index is 12.3. The number of hydrogen-bond donors (Lipinski definition) is 1. The molecular formula is C18H19ClN2O3S. The molecule has 0 unspecified atom stereocenters. The molecule has 132 valence electrons. The molecule has 2 aromatic carbocycles. The molecular weight excluding hydrogens is 360 g/mol. The normalized spacial score (nSPS) is 16.0. The van der Waals surface area contributed by atoms with Crippen molar-refractivity contribution in [3.8, 4) is 0 Å². The highest BCUT2D eigenvalue weighted by Crippen LogP contribution is 2.28.